The Balaban J connectivity index is 1.74. The Labute approximate surface area is 170 Å². The van der Waals surface area contributed by atoms with Gasteiger partial charge in [-0.2, -0.15) is 13.2 Å². The second-order valence-corrected chi connectivity index (χ2v) is 8.69. The van der Waals surface area contributed by atoms with Crippen LogP contribution in [0.3, 0.4) is 0 Å². The normalized spacial score (nSPS) is 15.0. The molecule has 1 aliphatic heterocycles. The van der Waals surface area contributed by atoms with Crippen LogP contribution in [-0.4, -0.2) is 54.0 Å². The first kappa shape index (κ1) is 22.1. The molecule has 2 aromatic rings. The second-order valence-electron chi connectivity index (χ2n) is 6.96. The summed E-state index contributed by atoms with van der Waals surface area (Å²) in [4.78, 5) is 20.7. The molecule has 3 rings (SSSR count). The highest BCUT2D eigenvalue weighted by Gasteiger charge is 2.36. The summed E-state index contributed by atoms with van der Waals surface area (Å²) in [7, 11) is -3.58. The minimum Gasteiger partial charge on any atom is -0.370 e. The molecule has 0 fully saturated rings. The third-order valence-electron chi connectivity index (χ3n) is 4.68. The Hall–Kier alpha value is -2.61. The molecule has 14 heteroatoms. The molecule has 0 unspecified atom stereocenters. The number of hydrogen-bond donors (Lipinski definition) is 4. The zero-order valence-electron chi connectivity index (χ0n) is 15.9. The summed E-state index contributed by atoms with van der Waals surface area (Å²) in [5.74, 6) is -1.38. The fourth-order valence-electron chi connectivity index (χ4n) is 3.19. The van der Waals surface area contributed by atoms with Crippen molar-refractivity contribution in [3.8, 4) is 0 Å². The number of nitrogens with one attached hydrogen (secondary N) is 3. The SMILES string of the molecule is NS(=O)(=O)CCCCNc1cc(N2CCc3[nH][nH]c(=O)c3CC2)nc(C(F)(F)F)n1. The molecule has 0 saturated heterocycles. The molecule has 30 heavy (non-hydrogen) atoms. The summed E-state index contributed by atoms with van der Waals surface area (Å²) < 4.78 is 61.7. The standard InChI is InChI=1S/C16H22F3N7O3S/c17-16(18,19)15-22-12(21-5-1-2-8-30(20,28)29)9-13(23-15)26-6-3-10-11(4-7-26)24-25-14(10)27/h9H,1-8H2,(H2,20,28,29)(H,21,22,23)(H2,24,25,27). The summed E-state index contributed by atoms with van der Waals surface area (Å²) in [6.45, 7) is 0.933. The predicted octanol–water partition coefficient (Wildman–Crippen LogP) is 0.598. The van der Waals surface area contributed by atoms with Crippen LogP contribution in [0.5, 0.6) is 0 Å². The lowest BCUT2D eigenvalue weighted by molar-refractivity contribution is -0.144. The molecule has 5 N–H and O–H groups in total. The quantitative estimate of drug-likeness (QED) is 0.452. The van der Waals surface area contributed by atoms with Crippen molar-refractivity contribution < 1.29 is 21.6 Å². The highest BCUT2D eigenvalue weighted by molar-refractivity contribution is 7.89. The van der Waals surface area contributed by atoms with E-state index < -0.39 is 22.0 Å². The Bertz CT molecular complexity index is 1050. The zero-order chi connectivity index (χ0) is 21.9. The predicted molar refractivity (Wildman–Crippen MR) is 104 cm³/mol. The Morgan fingerprint density at radius 2 is 1.90 bits per heavy atom. The lowest BCUT2D eigenvalue weighted by Gasteiger charge is -2.23. The molecule has 0 atom stereocenters. The number of H-pyrrole nitrogens is 2. The van der Waals surface area contributed by atoms with E-state index in [2.05, 4.69) is 25.5 Å². The molecule has 0 aromatic carbocycles. The van der Waals surface area contributed by atoms with Crippen LogP contribution in [-0.2, 0) is 29.0 Å². The number of sulfonamides is 1. The first-order valence-corrected chi connectivity index (χ1v) is 11.0. The monoisotopic (exact) mass is 449 g/mol. The number of halogens is 3. The van der Waals surface area contributed by atoms with Crippen molar-refractivity contribution in [2.45, 2.75) is 31.9 Å². The number of aromatic nitrogens is 4. The summed E-state index contributed by atoms with van der Waals surface area (Å²) in [5.41, 5.74) is 1.10. The molecule has 166 valence electrons. The number of primary sulfonamides is 1. The highest BCUT2D eigenvalue weighted by Crippen LogP contribution is 2.29. The van der Waals surface area contributed by atoms with Gasteiger partial charge in [-0.1, -0.05) is 0 Å². The third kappa shape index (κ3) is 5.72. The van der Waals surface area contributed by atoms with Gasteiger partial charge in [0.2, 0.25) is 15.8 Å². The van der Waals surface area contributed by atoms with Crippen molar-refractivity contribution in [3.05, 3.63) is 33.5 Å². The van der Waals surface area contributed by atoms with Crippen LogP contribution in [0.15, 0.2) is 10.9 Å². The van der Waals surface area contributed by atoms with Gasteiger partial charge in [0.05, 0.1) is 5.75 Å². The van der Waals surface area contributed by atoms with E-state index in [0.29, 0.717) is 37.9 Å². The Kier molecular flexibility index (Phi) is 6.36. The lowest BCUT2D eigenvalue weighted by atomic mass is 10.2. The maximum absolute atomic E-state index is 13.3. The van der Waals surface area contributed by atoms with Crippen LogP contribution in [0.4, 0.5) is 24.8 Å². The fourth-order valence-corrected chi connectivity index (χ4v) is 3.80. The minimum absolute atomic E-state index is 0.0106. The number of rotatable bonds is 7. The number of nitrogens with two attached hydrogens (primary N) is 1. The van der Waals surface area contributed by atoms with E-state index in [-0.39, 0.29) is 35.9 Å². The number of nitrogens with zero attached hydrogens (tertiary/aromatic N) is 3. The van der Waals surface area contributed by atoms with E-state index in [1.165, 1.54) is 6.07 Å². The maximum atomic E-state index is 13.3. The van der Waals surface area contributed by atoms with Gasteiger partial charge in [0.25, 0.3) is 5.56 Å². The zero-order valence-corrected chi connectivity index (χ0v) is 16.7. The smallest absolute Gasteiger partial charge is 0.370 e. The maximum Gasteiger partial charge on any atom is 0.451 e. The largest absolute Gasteiger partial charge is 0.451 e. The first-order chi connectivity index (χ1) is 14.0. The van der Waals surface area contributed by atoms with Crippen molar-refractivity contribution in [1.29, 1.82) is 0 Å². The first-order valence-electron chi connectivity index (χ1n) is 9.27. The molecule has 0 bridgehead atoms. The van der Waals surface area contributed by atoms with Gasteiger partial charge in [-0.05, 0) is 19.3 Å². The number of unbranched alkanes of at least 4 members (excludes halogenated alkanes) is 1. The minimum atomic E-state index is -4.73. The molecule has 10 nitrogen and oxygen atoms in total. The van der Waals surface area contributed by atoms with E-state index in [1.807, 2.05) is 0 Å². The van der Waals surface area contributed by atoms with Crippen molar-refractivity contribution in [3.63, 3.8) is 0 Å². The van der Waals surface area contributed by atoms with Gasteiger partial charge in [0.1, 0.15) is 11.6 Å². The topological polar surface area (TPSA) is 150 Å². The van der Waals surface area contributed by atoms with Crippen LogP contribution < -0.4 is 20.9 Å². The van der Waals surface area contributed by atoms with Crippen LogP contribution >= 0.6 is 0 Å². The average molecular weight is 449 g/mol. The highest BCUT2D eigenvalue weighted by atomic mass is 32.2. The van der Waals surface area contributed by atoms with Crippen molar-refractivity contribution in [2.24, 2.45) is 5.14 Å². The van der Waals surface area contributed by atoms with Crippen molar-refractivity contribution >= 4 is 21.7 Å². The van der Waals surface area contributed by atoms with E-state index in [9.17, 15) is 26.4 Å². The summed E-state index contributed by atoms with van der Waals surface area (Å²) in [6.07, 6.45) is -3.24. The molecule has 2 aromatic heterocycles. The van der Waals surface area contributed by atoms with Gasteiger partial charge in [0.15, 0.2) is 0 Å². The summed E-state index contributed by atoms with van der Waals surface area (Å²) in [6, 6.07) is 1.42. The Morgan fingerprint density at radius 3 is 2.60 bits per heavy atom. The number of alkyl halides is 3. The van der Waals surface area contributed by atoms with Gasteiger partial charge >= 0.3 is 6.18 Å². The van der Waals surface area contributed by atoms with Crippen LogP contribution in [0.2, 0.25) is 0 Å². The molecule has 0 amide bonds. The summed E-state index contributed by atoms with van der Waals surface area (Å²) >= 11 is 0. The van der Waals surface area contributed by atoms with E-state index >= 15 is 0 Å². The van der Waals surface area contributed by atoms with Gasteiger partial charge in [0, 0.05) is 43.4 Å². The molecule has 3 heterocycles. The molecular weight excluding hydrogens is 427 g/mol. The van der Waals surface area contributed by atoms with Gasteiger partial charge in [-0.25, -0.2) is 23.5 Å². The second kappa shape index (κ2) is 8.63. The average Bonchev–Trinajstić information content (AvgIpc) is 2.86. The van der Waals surface area contributed by atoms with Gasteiger partial charge in [-0.15, -0.1) is 0 Å². The van der Waals surface area contributed by atoms with Crippen molar-refractivity contribution in [2.75, 3.05) is 35.6 Å². The number of anilines is 2. The third-order valence-corrected chi connectivity index (χ3v) is 5.54. The van der Waals surface area contributed by atoms with Gasteiger partial charge < -0.3 is 15.3 Å². The van der Waals surface area contributed by atoms with Crippen LogP contribution in [0, 0.1) is 0 Å². The fraction of sp³-hybridized carbons (Fsp3) is 0.562. The lowest BCUT2D eigenvalue weighted by Crippen LogP contribution is -2.29. The van der Waals surface area contributed by atoms with Crippen LogP contribution in [0.1, 0.15) is 29.9 Å². The van der Waals surface area contributed by atoms with E-state index in [4.69, 9.17) is 5.14 Å². The molecule has 0 aliphatic carbocycles. The number of aromatic amines is 2. The molecular formula is C16H22F3N7O3S. The molecule has 0 spiro atoms. The number of hydrogen-bond acceptors (Lipinski definition) is 7. The van der Waals surface area contributed by atoms with Crippen molar-refractivity contribution in [1.82, 2.24) is 20.2 Å². The van der Waals surface area contributed by atoms with Gasteiger partial charge in [-0.3, -0.25) is 9.89 Å². The van der Waals surface area contributed by atoms with E-state index in [1.54, 1.807) is 4.90 Å². The van der Waals surface area contributed by atoms with Crippen LogP contribution in [0.25, 0.3) is 0 Å². The molecule has 0 saturated carbocycles. The molecule has 1 aliphatic rings. The summed E-state index contributed by atoms with van der Waals surface area (Å²) in [5, 5.41) is 13.0. The van der Waals surface area contributed by atoms with E-state index in [0.717, 1.165) is 5.69 Å². The molecule has 0 radical (unpaired) electrons. The number of fused-ring (bicyclic) bond motifs is 1. The Morgan fingerprint density at radius 1 is 1.17 bits per heavy atom.